The van der Waals surface area contributed by atoms with E-state index < -0.39 is 15.4 Å². The number of piperidine rings is 1. The molecule has 7 nitrogen and oxygen atoms in total. The Balaban J connectivity index is 1.52. The number of nitriles is 2. The van der Waals surface area contributed by atoms with E-state index in [9.17, 15) is 23.7 Å². The lowest BCUT2D eigenvalue weighted by molar-refractivity contribution is -0.124. The Morgan fingerprint density at radius 1 is 1.15 bits per heavy atom. The van der Waals surface area contributed by atoms with Crippen LogP contribution in [0.25, 0.3) is 11.1 Å². The molecule has 1 saturated carbocycles. The molecule has 33 heavy (non-hydrogen) atoms. The average Bonchev–Trinajstić information content (AvgIpc) is 3.58. The van der Waals surface area contributed by atoms with Gasteiger partial charge in [-0.15, -0.1) is 0 Å². The third-order valence-electron chi connectivity index (χ3n) is 6.60. The minimum Gasteiger partial charge on any atom is -0.336 e. The molecule has 0 radical (unpaired) electrons. The standard InChI is InChI=1S/C25H26N4O3S/c1-2-33(31,32)23-13-19(10-11-20(23)15-26)17-6-8-18(9-7-17)21-14-25(21,16-27)29-24(30)22-5-3-4-12-28-22/h6-11,13,21-22,28H,2-5,12,14H2,1H3,(H,29,30)/t21-,22-,25?/m0/s1. The molecule has 2 fully saturated rings. The van der Waals surface area contributed by atoms with Crippen molar-refractivity contribution in [2.45, 2.75) is 55.0 Å². The van der Waals surface area contributed by atoms with Crippen molar-refractivity contribution in [3.05, 3.63) is 53.6 Å². The molecule has 170 valence electrons. The van der Waals surface area contributed by atoms with Gasteiger partial charge in [-0.2, -0.15) is 10.5 Å². The average molecular weight is 463 g/mol. The van der Waals surface area contributed by atoms with E-state index in [1.165, 1.54) is 6.07 Å². The Morgan fingerprint density at radius 3 is 2.48 bits per heavy atom. The molecule has 1 saturated heterocycles. The number of benzene rings is 2. The van der Waals surface area contributed by atoms with Gasteiger partial charge in [-0.1, -0.05) is 43.7 Å². The molecule has 8 heteroatoms. The van der Waals surface area contributed by atoms with Gasteiger partial charge in [0.25, 0.3) is 0 Å². The Labute approximate surface area is 194 Å². The van der Waals surface area contributed by atoms with Crippen molar-refractivity contribution in [3.63, 3.8) is 0 Å². The van der Waals surface area contributed by atoms with Crippen LogP contribution in [0.15, 0.2) is 47.4 Å². The number of amides is 1. The number of carbonyl (C=O) groups excluding carboxylic acids is 1. The SMILES string of the molecule is CCS(=O)(=O)c1cc(-c2ccc([C@@H]3CC3(C#N)NC(=O)[C@@H]3CCCCN3)cc2)ccc1C#N. The van der Waals surface area contributed by atoms with E-state index in [0.717, 1.165) is 36.9 Å². The van der Waals surface area contributed by atoms with Gasteiger partial charge in [-0.05, 0) is 54.6 Å². The summed E-state index contributed by atoms with van der Waals surface area (Å²) < 4.78 is 24.8. The summed E-state index contributed by atoms with van der Waals surface area (Å²) >= 11 is 0. The summed E-state index contributed by atoms with van der Waals surface area (Å²) in [6.45, 7) is 2.37. The Morgan fingerprint density at radius 2 is 1.88 bits per heavy atom. The van der Waals surface area contributed by atoms with E-state index in [1.807, 2.05) is 30.3 Å². The fourth-order valence-corrected chi connectivity index (χ4v) is 5.52. The number of rotatable bonds is 6. The van der Waals surface area contributed by atoms with E-state index in [2.05, 4.69) is 16.7 Å². The van der Waals surface area contributed by atoms with E-state index in [4.69, 9.17) is 0 Å². The lowest BCUT2D eigenvalue weighted by Gasteiger charge is -2.24. The molecule has 1 aliphatic heterocycles. The zero-order valence-electron chi connectivity index (χ0n) is 18.5. The number of carbonyl (C=O) groups is 1. The molecule has 4 rings (SSSR count). The van der Waals surface area contributed by atoms with Crippen LogP contribution in [0.2, 0.25) is 0 Å². The van der Waals surface area contributed by atoms with Gasteiger partial charge in [-0.25, -0.2) is 8.42 Å². The van der Waals surface area contributed by atoms with E-state index in [1.54, 1.807) is 19.1 Å². The molecule has 1 unspecified atom stereocenters. The van der Waals surface area contributed by atoms with Crippen molar-refractivity contribution in [2.75, 3.05) is 12.3 Å². The zero-order valence-corrected chi connectivity index (χ0v) is 19.3. The zero-order chi connectivity index (χ0) is 23.6. The van der Waals surface area contributed by atoms with Crippen LogP contribution >= 0.6 is 0 Å². The number of nitrogens with zero attached hydrogens (tertiary/aromatic N) is 2. The van der Waals surface area contributed by atoms with Crippen LogP contribution in [0.4, 0.5) is 0 Å². The van der Waals surface area contributed by atoms with Crippen LogP contribution in [0, 0.1) is 22.7 Å². The summed E-state index contributed by atoms with van der Waals surface area (Å²) in [5.41, 5.74) is 1.72. The van der Waals surface area contributed by atoms with Crippen LogP contribution in [0.3, 0.4) is 0 Å². The van der Waals surface area contributed by atoms with Crippen LogP contribution in [-0.4, -0.2) is 38.2 Å². The number of nitrogens with one attached hydrogen (secondary N) is 2. The molecule has 2 aromatic carbocycles. The molecule has 2 aliphatic rings. The second-order valence-corrected chi connectivity index (χ2v) is 10.9. The smallest absolute Gasteiger partial charge is 0.238 e. The van der Waals surface area contributed by atoms with Gasteiger partial charge >= 0.3 is 0 Å². The van der Waals surface area contributed by atoms with Gasteiger partial charge in [0.15, 0.2) is 9.84 Å². The maximum absolute atomic E-state index is 12.6. The summed E-state index contributed by atoms with van der Waals surface area (Å²) in [6, 6.07) is 16.4. The fourth-order valence-electron chi connectivity index (χ4n) is 4.45. The van der Waals surface area contributed by atoms with E-state index in [-0.39, 0.29) is 34.1 Å². The lowest BCUT2D eigenvalue weighted by atomic mass is 9.99. The first-order valence-electron chi connectivity index (χ1n) is 11.2. The van der Waals surface area contributed by atoms with Gasteiger partial charge in [-0.3, -0.25) is 4.79 Å². The fraction of sp³-hybridized carbons (Fsp3) is 0.400. The summed E-state index contributed by atoms with van der Waals surface area (Å²) in [7, 11) is -3.53. The Kier molecular flexibility index (Phi) is 6.25. The summed E-state index contributed by atoms with van der Waals surface area (Å²) in [6.07, 6.45) is 3.42. The maximum atomic E-state index is 12.6. The molecule has 2 N–H and O–H groups in total. The molecular formula is C25H26N4O3S. The highest BCUT2D eigenvalue weighted by molar-refractivity contribution is 7.91. The van der Waals surface area contributed by atoms with Crippen LogP contribution in [0.1, 0.15) is 49.7 Å². The molecule has 0 bridgehead atoms. The van der Waals surface area contributed by atoms with Crippen molar-refractivity contribution in [1.29, 1.82) is 10.5 Å². The highest BCUT2D eigenvalue weighted by atomic mass is 32.2. The van der Waals surface area contributed by atoms with Crippen LogP contribution in [0.5, 0.6) is 0 Å². The molecule has 0 aromatic heterocycles. The minimum absolute atomic E-state index is 0.0406. The second kappa shape index (κ2) is 8.97. The predicted octanol–water partition coefficient (Wildman–Crippen LogP) is 3.03. The van der Waals surface area contributed by atoms with Crippen molar-refractivity contribution in [1.82, 2.24) is 10.6 Å². The lowest BCUT2D eigenvalue weighted by Crippen LogP contribution is -2.50. The van der Waals surface area contributed by atoms with Gasteiger partial charge < -0.3 is 10.6 Å². The molecule has 2 aromatic rings. The van der Waals surface area contributed by atoms with Gasteiger partial charge in [0.05, 0.1) is 28.3 Å². The van der Waals surface area contributed by atoms with E-state index >= 15 is 0 Å². The Hall–Kier alpha value is -3.20. The van der Waals surface area contributed by atoms with Crippen molar-refractivity contribution in [2.24, 2.45) is 0 Å². The second-order valence-electron chi connectivity index (χ2n) is 8.68. The first-order chi connectivity index (χ1) is 15.8. The predicted molar refractivity (Wildman–Crippen MR) is 124 cm³/mol. The number of hydrogen-bond donors (Lipinski definition) is 2. The molecule has 1 aliphatic carbocycles. The third kappa shape index (κ3) is 4.50. The number of hydrogen-bond acceptors (Lipinski definition) is 6. The summed E-state index contributed by atoms with van der Waals surface area (Å²) in [4.78, 5) is 12.7. The Bertz CT molecular complexity index is 1250. The number of sulfone groups is 1. The highest BCUT2D eigenvalue weighted by Gasteiger charge is 2.57. The van der Waals surface area contributed by atoms with Crippen LogP contribution < -0.4 is 10.6 Å². The topological polar surface area (TPSA) is 123 Å². The van der Waals surface area contributed by atoms with Crippen molar-refractivity contribution in [3.8, 4) is 23.3 Å². The molecule has 3 atom stereocenters. The van der Waals surface area contributed by atoms with Crippen molar-refractivity contribution >= 4 is 15.7 Å². The quantitative estimate of drug-likeness (QED) is 0.680. The highest BCUT2D eigenvalue weighted by Crippen LogP contribution is 2.51. The maximum Gasteiger partial charge on any atom is 0.238 e. The van der Waals surface area contributed by atoms with Crippen LogP contribution in [-0.2, 0) is 14.6 Å². The third-order valence-corrected chi connectivity index (χ3v) is 8.36. The monoisotopic (exact) mass is 462 g/mol. The van der Waals surface area contributed by atoms with Gasteiger partial charge in [0.2, 0.25) is 5.91 Å². The largest absolute Gasteiger partial charge is 0.336 e. The first-order valence-corrected chi connectivity index (χ1v) is 12.8. The normalized spacial score (nSPS) is 24.3. The molecule has 1 amide bonds. The summed E-state index contributed by atoms with van der Waals surface area (Å²) in [5, 5.41) is 25.2. The summed E-state index contributed by atoms with van der Waals surface area (Å²) in [5.74, 6) is -0.275. The minimum atomic E-state index is -3.53. The molecule has 0 spiro atoms. The van der Waals surface area contributed by atoms with E-state index in [0.29, 0.717) is 12.0 Å². The molecular weight excluding hydrogens is 436 g/mol. The first kappa shape index (κ1) is 23.0. The molecule has 1 heterocycles. The van der Waals surface area contributed by atoms with Gasteiger partial charge in [0, 0.05) is 5.92 Å². The van der Waals surface area contributed by atoms with Crippen molar-refractivity contribution < 1.29 is 13.2 Å². The van der Waals surface area contributed by atoms with Gasteiger partial charge in [0.1, 0.15) is 11.6 Å².